The van der Waals surface area contributed by atoms with Crippen LogP contribution < -0.4 is 10.8 Å². The summed E-state index contributed by atoms with van der Waals surface area (Å²) in [6, 6.07) is 8.42. The van der Waals surface area contributed by atoms with Gasteiger partial charge in [0.05, 0.1) is 28.5 Å². The zero-order valence-corrected chi connectivity index (χ0v) is 20.2. The summed E-state index contributed by atoms with van der Waals surface area (Å²) in [4.78, 5) is 35.8. The van der Waals surface area contributed by atoms with E-state index >= 15 is 0 Å². The Morgan fingerprint density at radius 1 is 1.18 bits per heavy atom. The Morgan fingerprint density at radius 3 is 2.70 bits per heavy atom. The maximum absolute atomic E-state index is 13.3. The van der Waals surface area contributed by atoms with Gasteiger partial charge in [-0.2, -0.15) is 10.2 Å². The molecule has 0 bridgehead atoms. The molecule has 2 amide bonds. The lowest BCUT2D eigenvalue weighted by atomic mass is 10.1. The normalized spacial score (nSPS) is 11.2. The van der Waals surface area contributed by atoms with Gasteiger partial charge >= 0.3 is 0 Å². The highest BCUT2D eigenvalue weighted by molar-refractivity contribution is 9.10. The lowest BCUT2D eigenvalue weighted by molar-refractivity contribution is -0.000231. The summed E-state index contributed by atoms with van der Waals surface area (Å²) in [5, 5.41) is 11.7. The van der Waals surface area contributed by atoms with E-state index in [-0.39, 0.29) is 29.0 Å². The van der Waals surface area contributed by atoms with Crippen LogP contribution in [0.2, 0.25) is 5.02 Å². The van der Waals surface area contributed by atoms with Crippen LogP contribution in [0.3, 0.4) is 0 Å². The number of nitrogens with zero attached hydrogens (tertiary/aromatic N) is 5. The van der Waals surface area contributed by atoms with Crippen LogP contribution in [0.15, 0.2) is 47.3 Å². The Balaban J connectivity index is 1.77. The molecule has 4 heterocycles. The Labute approximate surface area is 202 Å². The maximum atomic E-state index is 13.3. The molecule has 0 unspecified atom stereocenters. The molecule has 12 heteroatoms. The second-order valence-electron chi connectivity index (χ2n) is 7.34. The van der Waals surface area contributed by atoms with Gasteiger partial charge in [0.1, 0.15) is 10.3 Å². The molecular formula is C21H19BrClN7O3. The molecule has 4 rings (SSSR count). The summed E-state index contributed by atoms with van der Waals surface area (Å²) in [6.07, 6.45) is 2.88. The van der Waals surface area contributed by atoms with Gasteiger partial charge in [0.15, 0.2) is 11.5 Å². The van der Waals surface area contributed by atoms with Crippen molar-refractivity contribution in [2.45, 2.75) is 26.9 Å². The van der Waals surface area contributed by atoms with Crippen LogP contribution in [0, 0.1) is 6.92 Å². The number of anilines is 1. The Hall–Kier alpha value is -3.28. The fourth-order valence-corrected chi connectivity index (χ4v) is 3.75. The standard InChI is InChI=1S/C21H19BrClN7O3/c1-11(2)33-28-21(32)18-17(12(3)9-13-6-8-25-29(13)18)26-20(31)15-10-16(22)27-30(15)19-14(23)5-4-7-24-19/h4-11H,1-3H3,(H,26,31)(H,28,32). The average molecular weight is 533 g/mol. The number of aromatic nitrogens is 5. The van der Waals surface area contributed by atoms with E-state index in [1.54, 1.807) is 51.4 Å². The fourth-order valence-electron chi connectivity index (χ4n) is 3.17. The number of amides is 2. The number of fused-ring (bicyclic) bond motifs is 1. The Kier molecular flexibility index (Phi) is 6.45. The molecule has 0 saturated heterocycles. The highest BCUT2D eigenvalue weighted by Gasteiger charge is 2.24. The van der Waals surface area contributed by atoms with E-state index in [0.717, 1.165) is 0 Å². The van der Waals surface area contributed by atoms with Crippen molar-refractivity contribution in [3.05, 3.63) is 69.3 Å². The number of hydrogen-bond donors (Lipinski definition) is 2. The highest BCUT2D eigenvalue weighted by atomic mass is 79.9. The van der Waals surface area contributed by atoms with Crippen molar-refractivity contribution >= 4 is 50.5 Å². The van der Waals surface area contributed by atoms with Crippen LogP contribution >= 0.6 is 27.5 Å². The van der Waals surface area contributed by atoms with Crippen molar-refractivity contribution in [3.8, 4) is 5.82 Å². The number of nitrogens with one attached hydrogen (secondary N) is 2. The lowest BCUT2D eigenvalue weighted by Gasteiger charge is -2.16. The zero-order valence-electron chi connectivity index (χ0n) is 17.8. The molecule has 170 valence electrons. The van der Waals surface area contributed by atoms with Crippen LogP contribution in [-0.2, 0) is 4.84 Å². The first-order chi connectivity index (χ1) is 15.8. The van der Waals surface area contributed by atoms with Gasteiger partial charge in [-0.15, -0.1) is 0 Å². The average Bonchev–Trinajstić information content (AvgIpc) is 3.38. The summed E-state index contributed by atoms with van der Waals surface area (Å²) in [5.74, 6) is -0.792. The van der Waals surface area contributed by atoms with E-state index in [9.17, 15) is 9.59 Å². The van der Waals surface area contributed by atoms with Gasteiger partial charge in [0.25, 0.3) is 11.8 Å². The number of hydroxylamine groups is 1. The summed E-state index contributed by atoms with van der Waals surface area (Å²) in [7, 11) is 0. The quantitative estimate of drug-likeness (QED) is 0.363. The number of halogens is 2. The second-order valence-corrected chi connectivity index (χ2v) is 8.56. The number of hydrogen-bond acceptors (Lipinski definition) is 6. The number of aryl methyl sites for hydroxylation is 1. The van der Waals surface area contributed by atoms with Gasteiger partial charge in [0, 0.05) is 12.3 Å². The lowest BCUT2D eigenvalue weighted by Crippen LogP contribution is -2.31. The van der Waals surface area contributed by atoms with E-state index in [4.69, 9.17) is 16.4 Å². The summed E-state index contributed by atoms with van der Waals surface area (Å²) in [5.41, 5.74) is 4.30. The molecule has 0 spiro atoms. The number of carbonyl (C=O) groups is 2. The van der Waals surface area contributed by atoms with E-state index in [2.05, 4.69) is 41.9 Å². The van der Waals surface area contributed by atoms with Crippen LogP contribution in [0.1, 0.15) is 40.4 Å². The van der Waals surface area contributed by atoms with Crippen LogP contribution in [-0.4, -0.2) is 42.3 Å². The van der Waals surface area contributed by atoms with Gasteiger partial charge in [-0.3, -0.25) is 14.4 Å². The van der Waals surface area contributed by atoms with Crippen LogP contribution in [0.5, 0.6) is 0 Å². The first-order valence-electron chi connectivity index (χ1n) is 9.87. The summed E-state index contributed by atoms with van der Waals surface area (Å²) in [6.45, 7) is 5.35. The largest absolute Gasteiger partial charge is 0.318 e. The molecule has 2 N–H and O–H groups in total. The third-order valence-electron chi connectivity index (χ3n) is 4.57. The molecule has 0 aliphatic heterocycles. The monoisotopic (exact) mass is 531 g/mol. The molecule has 10 nitrogen and oxygen atoms in total. The van der Waals surface area contributed by atoms with Crippen molar-refractivity contribution in [2.75, 3.05) is 5.32 Å². The molecule has 0 fully saturated rings. The topological polar surface area (TPSA) is 115 Å². The van der Waals surface area contributed by atoms with Crippen LogP contribution in [0.4, 0.5) is 5.69 Å². The maximum Gasteiger partial charge on any atom is 0.295 e. The molecular weight excluding hydrogens is 514 g/mol. The summed E-state index contributed by atoms with van der Waals surface area (Å²) < 4.78 is 3.17. The first kappa shape index (κ1) is 22.9. The highest BCUT2D eigenvalue weighted by Crippen LogP contribution is 2.26. The van der Waals surface area contributed by atoms with Gasteiger partial charge < -0.3 is 5.32 Å². The minimum atomic E-state index is -0.557. The van der Waals surface area contributed by atoms with Crippen molar-refractivity contribution in [1.82, 2.24) is 29.9 Å². The number of rotatable bonds is 6. The molecule has 0 radical (unpaired) electrons. The molecule has 0 aromatic carbocycles. The van der Waals surface area contributed by atoms with Gasteiger partial charge in [0.2, 0.25) is 0 Å². The fraction of sp³-hybridized carbons (Fsp3) is 0.190. The molecule has 33 heavy (non-hydrogen) atoms. The zero-order chi connectivity index (χ0) is 23.7. The molecule has 4 aromatic rings. The van der Waals surface area contributed by atoms with Crippen molar-refractivity contribution in [3.63, 3.8) is 0 Å². The van der Waals surface area contributed by atoms with Gasteiger partial charge in [-0.05, 0) is 66.5 Å². The molecule has 0 saturated carbocycles. The van der Waals surface area contributed by atoms with Gasteiger partial charge in [-0.25, -0.2) is 19.7 Å². The van der Waals surface area contributed by atoms with Crippen LogP contribution in [0.25, 0.3) is 11.3 Å². The predicted molar refractivity (Wildman–Crippen MR) is 126 cm³/mol. The first-order valence-corrected chi connectivity index (χ1v) is 11.0. The number of carbonyl (C=O) groups excluding carboxylic acids is 2. The minimum absolute atomic E-state index is 0.116. The molecule has 0 atom stereocenters. The minimum Gasteiger partial charge on any atom is -0.318 e. The van der Waals surface area contributed by atoms with Gasteiger partial charge in [-0.1, -0.05) is 11.6 Å². The smallest absolute Gasteiger partial charge is 0.295 e. The van der Waals surface area contributed by atoms with Crippen molar-refractivity contribution in [2.24, 2.45) is 0 Å². The predicted octanol–water partition coefficient (Wildman–Crippen LogP) is 3.96. The third-order valence-corrected chi connectivity index (χ3v) is 5.25. The van der Waals surface area contributed by atoms with E-state index in [1.165, 1.54) is 15.3 Å². The Bertz CT molecular complexity index is 1370. The van der Waals surface area contributed by atoms with E-state index < -0.39 is 11.8 Å². The van der Waals surface area contributed by atoms with E-state index in [0.29, 0.717) is 20.7 Å². The van der Waals surface area contributed by atoms with Crippen molar-refractivity contribution < 1.29 is 14.4 Å². The second kappa shape index (κ2) is 9.30. The third kappa shape index (κ3) is 4.61. The number of pyridine rings is 2. The molecule has 0 aliphatic rings. The van der Waals surface area contributed by atoms with Crippen molar-refractivity contribution in [1.29, 1.82) is 0 Å². The molecule has 4 aromatic heterocycles. The summed E-state index contributed by atoms with van der Waals surface area (Å²) >= 11 is 9.56. The Morgan fingerprint density at radius 2 is 1.97 bits per heavy atom. The van der Waals surface area contributed by atoms with E-state index in [1.807, 2.05) is 6.07 Å². The SMILES string of the molecule is Cc1cc2ccnn2c(C(=O)NOC(C)C)c1NC(=O)c1cc(Br)nn1-c1ncccc1Cl. The molecule has 0 aliphatic carbocycles.